The Morgan fingerprint density at radius 2 is 1.76 bits per heavy atom. The van der Waals surface area contributed by atoms with Crippen molar-refractivity contribution in [1.82, 2.24) is 4.98 Å². The predicted molar refractivity (Wildman–Crippen MR) is 89.0 cm³/mol. The minimum Gasteiger partial charge on any atom is -0.466 e. The highest BCUT2D eigenvalue weighted by molar-refractivity contribution is 6.04. The summed E-state index contributed by atoms with van der Waals surface area (Å²) in [6, 6.07) is 1.56. The first kappa shape index (κ1) is 18.5. The van der Waals surface area contributed by atoms with E-state index in [2.05, 4.69) is 4.98 Å². The number of hydrogen-bond donors (Lipinski definition) is 1. The van der Waals surface area contributed by atoms with Crippen molar-refractivity contribution < 1.29 is 28.3 Å². The number of H-pyrrole nitrogens is 1. The summed E-state index contributed by atoms with van der Waals surface area (Å²) in [7, 11) is 1.27. The van der Waals surface area contributed by atoms with Gasteiger partial charge in [0.1, 0.15) is 17.1 Å². The fourth-order valence-electron chi connectivity index (χ4n) is 2.72. The van der Waals surface area contributed by atoms with Crippen molar-refractivity contribution in [3.8, 4) is 0 Å². The number of ketones is 1. The summed E-state index contributed by atoms with van der Waals surface area (Å²) in [4.78, 5) is 39.5. The molecule has 2 rings (SSSR count). The molecule has 7 heteroatoms. The molecule has 7 nitrogen and oxygen atoms in total. The van der Waals surface area contributed by atoms with Crippen LogP contribution in [0.25, 0.3) is 0 Å². The summed E-state index contributed by atoms with van der Waals surface area (Å²) in [5.41, 5.74) is 1.80. The van der Waals surface area contributed by atoms with Gasteiger partial charge in [0.2, 0.25) is 5.78 Å². The van der Waals surface area contributed by atoms with Gasteiger partial charge in [0.05, 0.1) is 18.4 Å². The fourth-order valence-corrected chi connectivity index (χ4v) is 2.72. The number of aryl methyl sites for hydroxylation is 3. The van der Waals surface area contributed by atoms with Gasteiger partial charge in [-0.3, -0.25) is 4.79 Å². The van der Waals surface area contributed by atoms with Crippen LogP contribution in [0, 0.1) is 27.7 Å². The summed E-state index contributed by atoms with van der Waals surface area (Å²) in [6.07, 6.45) is -1.02. The zero-order valence-corrected chi connectivity index (χ0v) is 15.1. The molecule has 2 aromatic heterocycles. The normalized spacial score (nSPS) is 11.9. The molecule has 0 radical (unpaired) electrons. The van der Waals surface area contributed by atoms with Gasteiger partial charge in [0.25, 0.3) is 0 Å². The Bertz CT molecular complexity index is 842. The predicted octanol–water partition coefficient (Wildman–Crippen LogP) is 3.06. The Kier molecular flexibility index (Phi) is 5.15. The van der Waals surface area contributed by atoms with Crippen LogP contribution in [-0.2, 0) is 9.47 Å². The highest BCUT2D eigenvalue weighted by Crippen LogP contribution is 2.22. The molecule has 134 valence electrons. The maximum absolute atomic E-state index is 12.6. The molecule has 25 heavy (non-hydrogen) atoms. The molecule has 2 aromatic rings. The van der Waals surface area contributed by atoms with Gasteiger partial charge in [0, 0.05) is 5.69 Å². The van der Waals surface area contributed by atoms with Crippen molar-refractivity contribution in [2.75, 3.05) is 7.11 Å². The second-order valence-electron chi connectivity index (χ2n) is 5.86. The first-order chi connectivity index (χ1) is 11.7. The molecular weight excluding hydrogens is 326 g/mol. The van der Waals surface area contributed by atoms with Gasteiger partial charge >= 0.3 is 11.9 Å². The molecule has 0 aliphatic heterocycles. The number of Topliss-reactive ketones (excluding diaryl/α,β-unsaturated/α-hetero) is 1. The molecule has 1 N–H and O–H groups in total. The van der Waals surface area contributed by atoms with Crippen LogP contribution in [0.5, 0.6) is 0 Å². The van der Waals surface area contributed by atoms with E-state index < -0.39 is 23.8 Å². The lowest BCUT2D eigenvalue weighted by molar-refractivity contribution is 0.0315. The second kappa shape index (κ2) is 6.96. The highest BCUT2D eigenvalue weighted by Gasteiger charge is 2.28. The SMILES string of the molecule is COC(=O)c1c(C)[nH]c(C(=O)[C@H](C)OC(=O)c2cc(C)oc2C)c1C. The van der Waals surface area contributed by atoms with Crippen LogP contribution in [-0.4, -0.2) is 35.9 Å². The van der Waals surface area contributed by atoms with E-state index in [4.69, 9.17) is 13.9 Å². The standard InChI is InChI=1S/C18H21NO6/c1-8-7-13(11(4)24-8)17(21)25-12(5)16(20)15-9(2)14(10(3)19-15)18(22)23-6/h7,12,19H,1-6H3/t12-/m0/s1. The average molecular weight is 347 g/mol. The molecule has 0 saturated carbocycles. The zero-order chi connectivity index (χ0) is 18.9. The van der Waals surface area contributed by atoms with E-state index in [1.807, 2.05) is 0 Å². The summed E-state index contributed by atoms with van der Waals surface area (Å²) >= 11 is 0. The van der Waals surface area contributed by atoms with Crippen LogP contribution in [0.3, 0.4) is 0 Å². The van der Waals surface area contributed by atoms with Gasteiger partial charge in [0.15, 0.2) is 6.10 Å². The van der Waals surface area contributed by atoms with Crippen molar-refractivity contribution in [3.05, 3.63) is 45.7 Å². The lowest BCUT2D eigenvalue weighted by Gasteiger charge is -2.11. The molecule has 1 atom stereocenters. The lowest BCUT2D eigenvalue weighted by Crippen LogP contribution is -2.25. The maximum Gasteiger partial charge on any atom is 0.342 e. The van der Waals surface area contributed by atoms with E-state index in [9.17, 15) is 14.4 Å². The molecule has 0 aliphatic rings. The number of hydrogen-bond acceptors (Lipinski definition) is 6. The van der Waals surface area contributed by atoms with Crippen LogP contribution < -0.4 is 0 Å². The third-order valence-electron chi connectivity index (χ3n) is 3.99. The number of furan rings is 1. The first-order valence-electron chi connectivity index (χ1n) is 7.77. The zero-order valence-electron chi connectivity index (χ0n) is 15.1. The quantitative estimate of drug-likeness (QED) is 0.659. The molecule has 0 aliphatic carbocycles. The monoisotopic (exact) mass is 347 g/mol. The van der Waals surface area contributed by atoms with E-state index in [-0.39, 0.29) is 11.3 Å². The molecule has 2 heterocycles. The second-order valence-corrected chi connectivity index (χ2v) is 5.86. The van der Waals surface area contributed by atoms with Gasteiger partial charge in [-0.1, -0.05) is 0 Å². The number of aromatic amines is 1. The van der Waals surface area contributed by atoms with Crippen molar-refractivity contribution in [2.24, 2.45) is 0 Å². The number of aromatic nitrogens is 1. The van der Waals surface area contributed by atoms with Crippen molar-refractivity contribution >= 4 is 17.7 Å². The number of carbonyl (C=O) groups excluding carboxylic acids is 3. The summed E-state index contributed by atoms with van der Waals surface area (Å²) in [6.45, 7) is 8.16. The van der Waals surface area contributed by atoms with Crippen LogP contribution >= 0.6 is 0 Å². The molecule has 0 aromatic carbocycles. The summed E-state index contributed by atoms with van der Waals surface area (Å²) in [5, 5.41) is 0. The van der Waals surface area contributed by atoms with Crippen LogP contribution in [0.1, 0.15) is 60.9 Å². The van der Waals surface area contributed by atoms with E-state index in [0.717, 1.165) is 0 Å². The van der Waals surface area contributed by atoms with E-state index in [1.165, 1.54) is 14.0 Å². The Balaban J connectivity index is 2.22. The highest BCUT2D eigenvalue weighted by atomic mass is 16.5. The Labute approximate surface area is 145 Å². The fraction of sp³-hybridized carbons (Fsp3) is 0.389. The Hall–Kier alpha value is -2.83. The van der Waals surface area contributed by atoms with Crippen molar-refractivity contribution in [1.29, 1.82) is 0 Å². The Morgan fingerprint density at radius 3 is 2.28 bits per heavy atom. The molecule has 0 amide bonds. The third kappa shape index (κ3) is 3.50. The maximum atomic E-state index is 12.6. The molecule has 0 fully saturated rings. The van der Waals surface area contributed by atoms with Gasteiger partial charge in [-0.05, 0) is 46.2 Å². The summed E-state index contributed by atoms with van der Waals surface area (Å²) < 4.78 is 15.3. The minimum atomic E-state index is -1.02. The number of methoxy groups -OCH3 is 1. The molecular formula is C18H21NO6. The van der Waals surface area contributed by atoms with Gasteiger partial charge < -0.3 is 18.9 Å². The molecule has 0 bridgehead atoms. The van der Waals surface area contributed by atoms with Gasteiger partial charge in [-0.2, -0.15) is 0 Å². The number of carbonyl (C=O) groups is 3. The van der Waals surface area contributed by atoms with Crippen molar-refractivity contribution in [3.63, 3.8) is 0 Å². The van der Waals surface area contributed by atoms with Crippen molar-refractivity contribution in [2.45, 2.75) is 40.7 Å². The van der Waals surface area contributed by atoms with Crippen LogP contribution in [0.15, 0.2) is 10.5 Å². The smallest absolute Gasteiger partial charge is 0.342 e. The molecule has 0 unspecified atom stereocenters. The van der Waals surface area contributed by atoms with Gasteiger partial charge in [-0.25, -0.2) is 9.59 Å². The minimum absolute atomic E-state index is 0.221. The number of rotatable bonds is 5. The van der Waals surface area contributed by atoms with Crippen LogP contribution in [0.2, 0.25) is 0 Å². The van der Waals surface area contributed by atoms with E-state index in [1.54, 1.807) is 33.8 Å². The van der Waals surface area contributed by atoms with Gasteiger partial charge in [-0.15, -0.1) is 0 Å². The third-order valence-corrected chi connectivity index (χ3v) is 3.99. The topological polar surface area (TPSA) is 98.6 Å². The molecule has 0 spiro atoms. The van der Waals surface area contributed by atoms with E-state index >= 15 is 0 Å². The Morgan fingerprint density at radius 1 is 1.12 bits per heavy atom. The summed E-state index contributed by atoms with van der Waals surface area (Å²) in [5.74, 6) is -0.574. The number of nitrogens with one attached hydrogen (secondary N) is 1. The van der Waals surface area contributed by atoms with Crippen LogP contribution in [0.4, 0.5) is 0 Å². The lowest BCUT2D eigenvalue weighted by atomic mass is 10.1. The number of ether oxygens (including phenoxy) is 2. The average Bonchev–Trinajstić information content (AvgIpc) is 3.04. The number of esters is 2. The van der Waals surface area contributed by atoms with E-state index in [0.29, 0.717) is 28.3 Å². The molecule has 0 saturated heterocycles. The largest absolute Gasteiger partial charge is 0.466 e. The first-order valence-corrected chi connectivity index (χ1v) is 7.77.